The predicted molar refractivity (Wildman–Crippen MR) is 106 cm³/mol. The second kappa shape index (κ2) is 7.59. The Morgan fingerprint density at radius 3 is 2.59 bits per heavy atom. The fourth-order valence-corrected chi connectivity index (χ4v) is 3.19. The fourth-order valence-electron chi connectivity index (χ4n) is 3.19. The van der Waals surface area contributed by atoms with Crippen LogP contribution in [0.3, 0.4) is 0 Å². The lowest BCUT2D eigenvalue weighted by Crippen LogP contribution is -2.41. The summed E-state index contributed by atoms with van der Waals surface area (Å²) in [5.41, 5.74) is 2.24. The molecule has 3 amide bonds. The van der Waals surface area contributed by atoms with Gasteiger partial charge in [-0.2, -0.15) is 0 Å². The molecule has 4 rings (SSSR count). The van der Waals surface area contributed by atoms with Crippen LogP contribution in [-0.2, 0) is 9.59 Å². The van der Waals surface area contributed by atoms with Gasteiger partial charge in [-0.15, -0.1) is 0 Å². The first-order valence-electron chi connectivity index (χ1n) is 8.99. The summed E-state index contributed by atoms with van der Waals surface area (Å²) in [6.45, 7) is -0.284. The van der Waals surface area contributed by atoms with E-state index in [-0.39, 0.29) is 30.8 Å². The maximum Gasteiger partial charge on any atom is 0.256 e. The highest BCUT2D eigenvalue weighted by molar-refractivity contribution is 6.12. The van der Waals surface area contributed by atoms with E-state index in [9.17, 15) is 14.4 Å². The van der Waals surface area contributed by atoms with Crippen molar-refractivity contribution in [2.45, 2.75) is 0 Å². The summed E-state index contributed by atoms with van der Waals surface area (Å²) in [5.74, 6) is -0.303. The first-order chi connectivity index (χ1) is 14.0. The van der Waals surface area contributed by atoms with Crippen LogP contribution in [0.5, 0.6) is 0 Å². The summed E-state index contributed by atoms with van der Waals surface area (Å²) in [4.78, 5) is 40.4. The van der Waals surface area contributed by atoms with E-state index in [0.717, 1.165) is 5.56 Å². The topological polar surface area (TPSA) is 95.8 Å². The van der Waals surface area contributed by atoms with Gasteiger partial charge in [0, 0.05) is 24.4 Å². The summed E-state index contributed by atoms with van der Waals surface area (Å²) < 4.78 is 5.10. The molecule has 0 fully saturated rings. The van der Waals surface area contributed by atoms with Crippen LogP contribution in [0, 0.1) is 0 Å². The van der Waals surface area contributed by atoms with Crippen LogP contribution in [0.15, 0.2) is 65.3 Å². The van der Waals surface area contributed by atoms with Crippen LogP contribution >= 0.6 is 0 Å². The van der Waals surface area contributed by atoms with Gasteiger partial charge in [-0.3, -0.25) is 14.4 Å². The minimum atomic E-state index is -0.363. The zero-order chi connectivity index (χ0) is 20.4. The van der Waals surface area contributed by atoms with Gasteiger partial charge in [0.05, 0.1) is 17.4 Å². The van der Waals surface area contributed by atoms with Crippen LogP contribution in [0.25, 0.3) is 11.3 Å². The van der Waals surface area contributed by atoms with E-state index in [4.69, 9.17) is 4.52 Å². The Morgan fingerprint density at radius 2 is 1.86 bits per heavy atom. The molecule has 1 N–H and O–H groups in total. The van der Waals surface area contributed by atoms with Crippen molar-refractivity contribution in [3.63, 3.8) is 0 Å². The first kappa shape index (κ1) is 18.4. The van der Waals surface area contributed by atoms with E-state index >= 15 is 0 Å². The van der Waals surface area contributed by atoms with Crippen LogP contribution in [0.2, 0.25) is 0 Å². The lowest BCUT2D eigenvalue weighted by atomic mass is 10.1. The van der Waals surface area contributed by atoms with Crippen LogP contribution < -0.4 is 10.2 Å². The summed E-state index contributed by atoms with van der Waals surface area (Å²) >= 11 is 0. The lowest BCUT2D eigenvalue weighted by molar-refractivity contribution is -0.121. The molecule has 8 nitrogen and oxygen atoms in total. The van der Waals surface area contributed by atoms with Crippen molar-refractivity contribution in [1.29, 1.82) is 0 Å². The average molecular weight is 390 g/mol. The van der Waals surface area contributed by atoms with Gasteiger partial charge in [-0.1, -0.05) is 17.3 Å². The molecule has 1 aliphatic heterocycles. The van der Waals surface area contributed by atoms with Crippen molar-refractivity contribution in [3.8, 4) is 11.3 Å². The lowest BCUT2D eigenvalue weighted by Gasteiger charge is -2.21. The van der Waals surface area contributed by atoms with Crippen LogP contribution in [0.4, 0.5) is 11.4 Å². The number of fused-ring (bicyclic) bond motifs is 1. The van der Waals surface area contributed by atoms with E-state index in [0.29, 0.717) is 22.7 Å². The maximum absolute atomic E-state index is 12.6. The molecular weight excluding hydrogens is 372 g/mol. The number of hydrogen-bond acceptors (Lipinski definition) is 5. The van der Waals surface area contributed by atoms with Crippen LogP contribution in [-0.4, -0.2) is 47.9 Å². The molecule has 3 aromatic rings. The fraction of sp³-hybridized carbons (Fsp3) is 0.143. The molecule has 0 saturated heterocycles. The smallest absolute Gasteiger partial charge is 0.256 e. The molecule has 0 saturated carbocycles. The molecule has 2 aromatic carbocycles. The van der Waals surface area contributed by atoms with E-state index in [2.05, 4.69) is 10.5 Å². The molecule has 1 aliphatic rings. The number of amides is 3. The van der Waals surface area contributed by atoms with Crippen molar-refractivity contribution in [2.75, 3.05) is 30.4 Å². The number of hydrogen-bond donors (Lipinski definition) is 1. The molecule has 0 spiro atoms. The highest BCUT2D eigenvalue weighted by Crippen LogP contribution is 2.25. The van der Waals surface area contributed by atoms with E-state index in [1.807, 2.05) is 0 Å². The van der Waals surface area contributed by atoms with Crippen molar-refractivity contribution < 1.29 is 18.9 Å². The van der Waals surface area contributed by atoms with Gasteiger partial charge >= 0.3 is 0 Å². The number of nitrogens with zero attached hydrogens (tertiary/aromatic N) is 3. The summed E-state index contributed by atoms with van der Waals surface area (Å²) in [5, 5.41) is 6.45. The van der Waals surface area contributed by atoms with Gasteiger partial charge in [0.2, 0.25) is 11.8 Å². The SMILES string of the molecule is CN1CC(=O)N(CC(=O)Nc2ccc(-c3ccno3)cc2)c2ccccc2C1=O. The number of anilines is 2. The predicted octanol–water partition coefficient (Wildman–Crippen LogP) is 2.40. The standard InChI is InChI=1S/C21H18N4O4/c1-24-13-20(27)25(17-5-3-2-4-16(17)21(24)28)12-19(26)23-15-8-6-14(7-9-15)18-10-11-22-29-18/h2-11H,12-13H2,1H3,(H,23,26). The molecule has 2 heterocycles. The second-order valence-corrected chi connectivity index (χ2v) is 6.66. The normalized spacial score (nSPS) is 13.8. The molecule has 146 valence electrons. The van der Waals surface area contributed by atoms with Crippen molar-refractivity contribution >= 4 is 29.1 Å². The number of carbonyl (C=O) groups excluding carboxylic acids is 3. The van der Waals surface area contributed by atoms with Gasteiger partial charge in [0.1, 0.15) is 13.1 Å². The number of carbonyl (C=O) groups is 3. The molecular formula is C21H18N4O4. The maximum atomic E-state index is 12.6. The van der Waals surface area contributed by atoms with Gasteiger partial charge in [0.25, 0.3) is 5.91 Å². The Hall–Kier alpha value is -3.94. The number of rotatable bonds is 4. The van der Waals surface area contributed by atoms with E-state index < -0.39 is 0 Å². The molecule has 0 radical (unpaired) electrons. The molecule has 0 atom stereocenters. The molecule has 8 heteroatoms. The quantitative estimate of drug-likeness (QED) is 0.738. The average Bonchev–Trinajstić information content (AvgIpc) is 3.24. The van der Waals surface area contributed by atoms with Crippen molar-refractivity contribution in [3.05, 3.63) is 66.4 Å². The second-order valence-electron chi connectivity index (χ2n) is 6.66. The number of para-hydroxylation sites is 1. The molecule has 0 unspecified atom stereocenters. The zero-order valence-corrected chi connectivity index (χ0v) is 15.7. The Kier molecular flexibility index (Phi) is 4.82. The molecule has 1 aromatic heterocycles. The van der Waals surface area contributed by atoms with Gasteiger partial charge < -0.3 is 19.6 Å². The van der Waals surface area contributed by atoms with Gasteiger partial charge in [-0.25, -0.2) is 0 Å². The highest BCUT2D eigenvalue weighted by atomic mass is 16.5. The third-order valence-corrected chi connectivity index (χ3v) is 4.64. The number of benzene rings is 2. The van der Waals surface area contributed by atoms with E-state index in [1.165, 1.54) is 9.80 Å². The minimum Gasteiger partial charge on any atom is -0.356 e. The highest BCUT2D eigenvalue weighted by Gasteiger charge is 2.30. The first-order valence-corrected chi connectivity index (χ1v) is 8.99. The Labute approximate surface area is 166 Å². The zero-order valence-electron chi connectivity index (χ0n) is 15.7. The Bertz CT molecular complexity index is 1060. The van der Waals surface area contributed by atoms with Gasteiger partial charge in [-0.05, 0) is 36.4 Å². The van der Waals surface area contributed by atoms with Crippen molar-refractivity contribution in [2.24, 2.45) is 0 Å². The third kappa shape index (κ3) is 3.73. The van der Waals surface area contributed by atoms with E-state index in [1.54, 1.807) is 67.8 Å². The largest absolute Gasteiger partial charge is 0.356 e. The van der Waals surface area contributed by atoms with Crippen molar-refractivity contribution in [1.82, 2.24) is 10.1 Å². The van der Waals surface area contributed by atoms with Gasteiger partial charge in [0.15, 0.2) is 5.76 Å². The summed E-state index contributed by atoms with van der Waals surface area (Å²) in [6.07, 6.45) is 1.56. The molecule has 0 aliphatic carbocycles. The monoisotopic (exact) mass is 390 g/mol. The Balaban J connectivity index is 1.51. The summed E-state index contributed by atoms with van der Waals surface area (Å²) in [6, 6.07) is 15.6. The molecule has 0 bridgehead atoms. The Morgan fingerprint density at radius 1 is 1.10 bits per heavy atom. The number of nitrogens with one attached hydrogen (secondary N) is 1. The summed E-state index contributed by atoms with van der Waals surface area (Å²) in [7, 11) is 1.57. The minimum absolute atomic E-state index is 0.0906. The number of aromatic nitrogens is 1. The van der Waals surface area contributed by atoms with Crippen LogP contribution in [0.1, 0.15) is 10.4 Å². The number of likely N-dealkylation sites (N-methyl/N-ethyl adjacent to an activating group) is 1. The molecule has 29 heavy (non-hydrogen) atoms. The third-order valence-electron chi connectivity index (χ3n) is 4.64.